The van der Waals surface area contributed by atoms with Gasteiger partial charge in [-0.1, -0.05) is 30.3 Å². The highest BCUT2D eigenvalue weighted by Crippen LogP contribution is 2.13. The Balaban J connectivity index is 0.00000220. The fraction of sp³-hybridized carbons (Fsp3) is 0.562. The van der Waals surface area contributed by atoms with Gasteiger partial charge in [0.25, 0.3) is 0 Å². The molecule has 1 fully saturated rings. The number of piperazine rings is 1. The third-order valence-corrected chi connectivity index (χ3v) is 3.23. The smallest absolute Gasteiger partial charge is 0.410 e. The molecule has 1 aliphatic rings. The van der Waals surface area contributed by atoms with Crippen molar-refractivity contribution in [1.29, 1.82) is 0 Å². The van der Waals surface area contributed by atoms with Crippen LogP contribution in [0.4, 0.5) is 4.79 Å². The summed E-state index contributed by atoms with van der Waals surface area (Å²) in [7, 11) is 0. The lowest BCUT2D eigenvalue weighted by Crippen LogP contribution is -2.54. The monoisotopic (exact) mass is 312 g/mol. The standard InChI is InChI=1S/C16H24N2O2.ClH/c1-16(2,3)20-15(19)18-10-9-17-14(12-18)11-13-7-5-4-6-8-13;/h4-8,14,17H,9-12H2,1-3H3;1H/t14-;/m1./s1. The molecule has 1 aliphatic heterocycles. The van der Waals surface area contributed by atoms with E-state index in [1.807, 2.05) is 39.0 Å². The average molecular weight is 313 g/mol. The number of nitrogens with one attached hydrogen (secondary N) is 1. The zero-order valence-electron chi connectivity index (χ0n) is 13.0. The van der Waals surface area contributed by atoms with E-state index in [4.69, 9.17) is 4.74 Å². The normalized spacial score (nSPS) is 18.8. The largest absolute Gasteiger partial charge is 0.444 e. The lowest BCUT2D eigenvalue weighted by atomic mass is 10.0. The molecule has 0 saturated carbocycles. The number of amides is 1. The minimum absolute atomic E-state index is 0. The van der Waals surface area contributed by atoms with Crippen molar-refractivity contribution in [2.24, 2.45) is 0 Å². The molecule has 1 heterocycles. The number of hydrogen-bond donors (Lipinski definition) is 1. The van der Waals surface area contributed by atoms with Crippen molar-refractivity contribution in [1.82, 2.24) is 10.2 Å². The summed E-state index contributed by atoms with van der Waals surface area (Å²) in [6.07, 6.45) is 0.720. The number of carbonyl (C=O) groups is 1. The molecule has 0 bridgehead atoms. The highest BCUT2D eigenvalue weighted by Gasteiger charge is 2.27. The van der Waals surface area contributed by atoms with Gasteiger partial charge in [-0.05, 0) is 32.8 Å². The number of nitrogens with zero attached hydrogens (tertiary/aromatic N) is 1. The van der Waals surface area contributed by atoms with Gasteiger partial charge >= 0.3 is 6.09 Å². The van der Waals surface area contributed by atoms with Crippen LogP contribution in [-0.4, -0.2) is 42.3 Å². The van der Waals surface area contributed by atoms with Crippen LogP contribution in [0.1, 0.15) is 26.3 Å². The van der Waals surface area contributed by atoms with Crippen LogP contribution in [0.2, 0.25) is 0 Å². The molecule has 2 rings (SSSR count). The van der Waals surface area contributed by atoms with Gasteiger partial charge in [0.15, 0.2) is 0 Å². The summed E-state index contributed by atoms with van der Waals surface area (Å²) < 4.78 is 5.43. The minimum atomic E-state index is -0.434. The molecule has 0 radical (unpaired) electrons. The topological polar surface area (TPSA) is 41.6 Å². The molecule has 1 aromatic rings. The maximum absolute atomic E-state index is 12.1. The first-order valence-electron chi connectivity index (χ1n) is 7.19. The molecule has 5 heteroatoms. The van der Waals surface area contributed by atoms with Crippen molar-refractivity contribution in [3.05, 3.63) is 35.9 Å². The maximum atomic E-state index is 12.1. The molecule has 1 saturated heterocycles. The van der Waals surface area contributed by atoms with Gasteiger partial charge in [-0.2, -0.15) is 0 Å². The molecular formula is C16H25ClN2O2. The predicted molar refractivity (Wildman–Crippen MR) is 87.0 cm³/mol. The second-order valence-corrected chi connectivity index (χ2v) is 6.27. The van der Waals surface area contributed by atoms with E-state index >= 15 is 0 Å². The molecule has 0 unspecified atom stereocenters. The SMILES string of the molecule is CC(C)(C)OC(=O)N1CCN[C@H](Cc2ccccc2)C1.Cl. The van der Waals surface area contributed by atoms with Crippen molar-refractivity contribution in [2.45, 2.75) is 38.8 Å². The zero-order valence-corrected chi connectivity index (χ0v) is 13.8. The minimum Gasteiger partial charge on any atom is -0.444 e. The van der Waals surface area contributed by atoms with Gasteiger partial charge in [-0.25, -0.2) is 4.79 Å². The van der Waals surface area contributed by atoms with Crippen LogP contribution < -0.4 is 5.32 Å². The summed E-state index contributed by atoms with van der Waals surface area (Å²) in [5, 5.41) is 3.47. The second kappa shape index (κ2) is 7.66. The maximum Gasteiger partial charge on any atom is 0.410 e. The van der Waals surface area contributed by atoms with E-state index in [1.165, 1.54) is 5.56 Å². The molecule has 0 aliphatic carbocycles. The fourth-order valence-corrected chi connectivity index (χ4v) is 2.35. The molecule has 1 N–H and O–H groups in total. The summed E-state index contributed by atoms with van der Waals surface area (Å²) in [6, 6.07) is 10.6. The van der Waals surface area contributed by atoms with E-state index in [0.717, 1.165) is 13.0 Å². The molecule has 1 atom stereocenters. The van der Waals surface area contributed by atoms with Crippen LogP contribution in [0.5, 0.6) is 0 Å². The van der Waals surface area contributed by atoms with Crippen LogP contribution in [-0.2, 0) is 11.2 Å². The van der Waals surface area contributed by atoms with Crippen LogP contribution >= 0.6 is 12.4 Å². The lowest BCUT2D eigenvalue weighted by Gasteiger charge is -2.35. The average Bonchev–Trinajstić information content (AvgIpc) is 2.38. The van der Waals surface area contributed by atoms with Gasteiger partial charge < -0.3 is 15.0 Å². The summed E-state index contributed by atoms with van der Waals surface area (Å²) >= 11 is 0. The Hall–Kier alpha value is -1.26. The first-order chi connectivity index (χ1) is 9.44. The van der Waals surface area contributed by atoms with Gasteiger partial charge in [0.05, 0.1) is 0 Å². The van der Waals surface area contributed by atoms with Crippen molar-refractivity contribution in [3.63, 3.8) is 0 Å². The molecule has 1 aromatic carbocycles. The van der Waals surface area contributed by atoms with E-state index in [0.29, 0.717) is 19.1 Å². The van der Waals surface area contributed by atoms with Crippen LogP contribution in [0.25, 0.3) is 0 Å². The third kappa shape index (κ3) is 5.94. The molecule has 118 valence electrons. The Morgan fingerprint density at radius 3 is 2.62 bits per heavy atom. The first kappa shape index (κ1) is 17.8. The Morgan fingerprint density at radius 2 is 2.00 bits per heavy atom. The number of hydrogen-bond acceptors (Lipinski definition) is 3. The Labute approximate surface area is 133 Å². The number of benzene rings is 1. The molecule has 1 amide bonds. The highest BCUT2D eigenvalue weighted by molar-refractivity contribution is 5.85. The Kier molecular flexibility index (Phi) is 6.49. The molecule has 0 aromatic heterocycles. The molecule has 4 nitrogen and oxygen atoms in total. The van der Waals surface area contributed by atoms with E-state index in [9.17, 15) is 4.79 Å². The van der Waals surface area contributed by atoms with Gasteiger partial charge in [0, 0.05) is 25.7 Å². The molecule has 21 heavy (non-hydrogen) atoms. The Bertz CT molecular complexity index is 445. The van der Waals surface area contributed by atoms with Crippen molar-refractivity contribution in [3.8, 4) is 0 Å². The quantitative estimate of drug-likeness (QED) is 0.913. The Morgan fingerprint density at radius 1 is 1.33 bits per heavy atom. The predicted octanol–water partition coefficient (Wildman–Crippen LogP) is 2.86. The number of halogens is 1. The van der Waals surface area contributed by atoms with E-state index in [-0.39, 0.29) is 18.5 Å². The van der Waals surface area contributed by atoms with Crippen LogP contribution in [0.15, 0.2) is 30.3 Å². The van der Waals surface area contributed by atoms with Crippen molar-refractivity contribution < 1.29 is 9.53 Å². The summed E-state index contributed by atoms with van der Waals surface area (Å²) in [6.45, 7) is 7.92. The zero-order chi connectivity index (χ0) is 14.6. The molecule has 0 spiro atoms. The summed E-state index contributed by atoms with van der Waals surface area (Å²) in [5.41, 5.74) is 0.854. The van der Waals surface area contributed by atoms with E-state index < -0.39 is 5.60 Å². The fourth-order valence-electron chi connectivity index (χ4n) is 2.35. The van der Waals surface area contributed by atoms with E-state index in [2.05, 4.69) is 17.4 Å². The van der Waals surface area contributed by atoms with Crippen molar-refractivity contribution in [2.75, 3.05) is 19.6 Å². The van der Waals surface area contributed by atoms with Gasteiger partial charge in [0.1, 0.15) is 5.60 Å². The highest BCUT2D eigenvalue weighted by atomic mass is 35.5. The first-order valence-corrected chi connectivity index (χ1v) is 7.19. The van der Waals surface area contributed by atoms with Gasteiger partial charge in [0.2, 0.25) is 0 Å². The van der Waals surface area contributed by atoms with Gasteiger partial charge in [-0.15, -0.1) is 12.4 Å². The van der Waals surface area contributed by atoms with Crippen LogP contribution in [0, 0.1) is 0 Å². The number of carbonyl (C=O) groups excluding carboxylic acids is 1. The number of rotatable bonds is 2. The summed E-state index contributed by atoms with van der Waals surface area (Å²) in [5.74, 6) is 0. The number of ether oxygens (including phenoxy) is 1. The molecular weight excluding hydrogens is 288 g/mol. The van der Waals surface area contributed by atoms with Gasteiger partial charge in [-0.3, -0.25) is 0 Å². The lowest BCUT2D eigenvalue weighted by molar-refractivity contribution is 0.0195. The van der Waals surface area contributed by atoms with Crippen molar-refractivity contribution >= 4 is 18.5 Å². The van der Waals surface area contributed by atoms with Crippen LogP contribution in [0.3, 0.4) is 0 Å². The second-order valence-electron chi connectivity index (χ2n) is 6.27. The summed E-state index contributed by atoms with van der Waals surface area (Å²) in [4.78, 5) is 13.9. The third-order valence-electron chi connectivity index (χ3n) is 3.23. The van der Waals surface area contributed by atoms with E-state index in [1.54, 1.807) is 4.90 Å².